The Hall–Kier alpha value is -0.800. The van der Waals surface area contributed by atoms with E-state index in [4.69, 9.17) is 4.42 Å². The Bertz CT molecular complexity index is 369. The molecule has 3 heteroatoms. The summed E-state index contributed by atoms with van der Waals surface area (Å²) < 4.78 is 5.70. The highest BCUT2D eigenvalue weighted by Gasteiger charge is 2.16. The van der Waals surface area contributed by atoms with E-state index in [0.29, 0.717) is 17.9 Å². The van der Waals surface area contributed by atoms with Gasteiger partial charge in [0.1, 0.15) is 5.76 Å². The highest BCUT2D eigenvalue weighted by atomic mass is 16.3. The van der Waals surface area contributed by atoms with Crippen LogP contribution in [0.3, 0.4) is 0 Å². The largest absolute Gasteiger partial charge is 0.468 e. The Kier molecular flexibility index (Phi) is 7.31. The minimum Gasteiger partial charge on any atom is -0.468 e. The number of hydrogen-bond donors (Lipinski definition) is 1. The summed E-state index contributed by atoms with van der Waals surface area (Å²) >= 11 is 0. The highest BCUT2D eigenvalue weighted by Crippen LogP contribution is 2.16. The zero-order valence-corrected chi connectivity index (χ0v) is 14.1. The van der Waals surface area contributed by atoms with Crippen molar-refractivity contribution in [3.05, 3.63) is 23.7 Å². The zero-order valence-electron chi connectivity index (χ0n) is 14.1. The molecule has 0 radical (unpaired) electrons. The predicted octanol–water partition coefficient (Wildman–Crippen LogP) is 3.89. The Labute approximate surface area is 124 Å². The topological polar surface area (TPSA) is 28.4 Å². The summed E-state index contributed by atoms with van der Waals surface area (Å²) in [5.41, 5.74) is 1.29. The third-order valence-electron chi connectivity index (χ3n) is 3.38. The van der Waals surface area contributed by atoms with E-state index in [1.165, 1.54) is 5.56 Å². The molecule has 0 aromatic carbocycles. The molecule has 0 bridgehead atoms. The van der Waals surface area contributed by atoms with Crippen LogP contribution >= 0.6 is 0 Å². The van der Waals surface area contributed by atoms with Crippen molar-refractivity contribution < 1.29 is 4.42 Å². The zero-order chi connectivity index (χ0) is 15.1. The van der Waals surface area contributed by atoms with Crippen molar-refractivity contribution in [3.63, 3.8) is 0 Å². The van der Waals surface area contributed by atoms with Crippen LogP contribution in [0, 0.1) is 11.8 Å². The maximum absolute atomic E-state index is 5.70. The lowest BCUT2D eigenvalue weighted by molar-refractivity contribution is 0.174. The summed E-state index contributed by atoms with van der Waals surface area (Å²) in [7, 11) is 0. The monoisotopic (exact) mass is 280 g/mol. The fraction of sp³-hybridized carbons (Fsp3) is 0.765. The summed E-state index contributed by atoms with van der Waals surface area (Å²) in [5, 5.41) is 3.49. The van der Waals surface area contributed by atoms with Crippen LogP contribution in [0.4, 0.5) is 0 Å². The van der Waals surface area contributed by atoms with Crippen molar-refractivity contribution in [2.45, 2.75) is 60.7 Å². The van der Waals surface area contributed by atoms with Gasteiger partial charge in [-0.2, -0.15) is 0 Å². The number of nitrogens with zero attached hydrogens (tertiary/aromatic N) is 1. The van der Waals surface area contributed by atoms with Crippen molar-refractivity contribution in [1.82, 2.24) is 10.2 Å². The third-order valence-corrected chi connectivity index (χ3v) is 3.38. The summed E-state index contributed by atoms with van der Waals surface area (Å²) in [4.78, 5) is 2.48. The SMILES string of the molecule is CC(C)CNCc1ccoc1CN(CC(C)C)C(C)C. The van der Waals surface area contributed by atoms with Gasteiger partial charge >= 0.3 is 0 Å². The first-order chi connectivity index (χ1) is 9.40. The van der Waals surface area contributed by atoms with E-state index in [0.717, 1.165) is 31.9 Å². The van der Waals surface area contributed by atoms with Crippen molar-refractivity contribution in [1.29, 1.82) is 0 Å². The normalized spacial score (nSPS) is 12.3. The van der Waals surface area contributed by atoms with Gasteiger partial charge in [-0.3, -0.25) is 4.90 Å². The second kappa shape index (κ2) is 8.48. The van der Waals surface area contributed by atoms with Gasteiger partial charge in [0.2, 0.25) is 0 Å². The summed E-state index contributed by atoms with van der Waals surface area (Å²) in [6, 6.07) is 2.63. The molecule has 0 aliphatic heterocycles. The molecule has 20 heavy (non-hydrogen) atoms. The molecule has 0 amide bonds. The van der Waals surface area contributed by atoms with E-state index in [9.17, 15) is 0 Å². The van der Waals surface area contributed by atoms with Crippen molar-refractivity contribution in [3.8, 4) is 0 Å². The number of nitrogens with one attached hydrogen (secondary N) is 1. The molecular weight excluding hydrogens is 248 g/mol. The molecule has 1 N–H and O–H groups in total. The molecule has 0 aliphatic rings. The average Bonchev–Trinajstić information content (AvgIpc) is 2.74. The summed E-state index contributed by atoms with van der Waals surface area (Å²) in [6.45, 7) is 17.5. The van der Waals surface area contributed by atoms with E-state index < -0.39 is 0 Å². The molecule has 0 saturated carbocycles. The Morgan fingerprint density at radius 2 is 1.80 bits per heavy atom. The van der Waals surface area contributed by atoms with Crippen LogP contribution in [0.5, 0.6) is 0 Å². The molecule has 1 aromatic rings. The van der Waals surface area contributed by atoms with Crippen LogP contribution in [-0.4, -0.2) is 24.0 Å². The van der Waals surface area contributed by atoms with Crippen LogP contribution < -0.4 is 5.32 Å². The summed E-state index contributed by atoms with van der Waals surface area (Å²) in [5.74, 6) is 2.46. The van der Waals surface area contributed by atoms with Crippen LogP contribution in [-0.2, 0) is 13.1 Å². The first-order valence-corrected chi connectivity index (χ1v) is 7.90. The molecule has 116 valence electrons. The molecule has 1 aromatic heterocycles. The quantitative estimate of drug-likeness (QED) is 0.744. The first-order valence-electron chi connectivity index (χ1n) is 7.90. The van der Waals surface area contributed by atoms with E-state index in [1.807, 2.05) is 6.26 Å². The maximum Gasteiger partial charge on any atom is 0.122 e. The molecule has 0 saturated heterocycles. The number of hydrogen-bond acceptors (Lipinski definition) is 3. The van der Waals surface area contributed by atoms with Gasteiger partial charge in [-0.15, -0.1) is 0 Å². The van der Waals surface area contributed by atoms with Crippen molar-refractivity contribution in [2.24, 2.45) is 11.8 Å². The lowest BCUT2D eigenvalue weighted by Gasteiger charge is -2.27. The van der Waals surface area contributed by atoms with Gasteiger partial charge in [-0.1, -0.05) is 27.7 Å². The predicted molar refractivity (Wildman–Crippen MR) is 85.6 cm³/mol. The Morgan fingerprint density at radius 3 is 2.35 bits per heavy atom. The van der Waals surface area contributed by atoms with Gasteiger partial charge in [0, 0.05) is 24.7 Å². The number of rotatable bonds is 9. The van der Waals surface area contributed by atoms with Gasteiger partial charge in [-0.05, 0) is 38.3 Å². The van der Waals surface area contributed by atoms with Gasteiger partial charge in [0.05, 0.1) is 12.8 Å². The van der Waals surface area contributed by atoms with Crippen LogP contribution in [0.2, 0.25) is 0 Å². The molecular formula is C17H32N2O. The van der Waals surface area contributed by atoms with Crippen LogP contribution in [0.25, 0.3) is 0 Å². The van der Waals surface area contributed by atoms with E-state index in [2.05, 4.69) is 57.8 Å². The minimum absolute atomic E-state index is 0.541. The molecule has 0 aliphatic carbocycles. The second-order valence-corrected chi connectivity index (χ2v) is 6.81. The average molecular weight is 280 g/mol. The highest BCUT2D eigenvalue weighted by molar-refractivity contribution is 5.17. The minimum atomic E-state index is 0.541. The molecule has 3 nitrogen and oxygen atoms in total. The lowest BCUT2D eigenvalue weighted by atomic mass is 10.1. The molecule has 0 atom stereocenters. The van der Waals surface area contributed by atoms with E-state index >= 15 is 0 Å². The Morgan fingerprint density at radius 1 is 1.10 bits per heavy atom. The molecule has 0 spiro atoms. The fourth-order valence-corrected chi connectivity index (χ4v) is 2.27. The van der Waals surface area contributed by atoms with Crippen molar-refractivity contribution in [2.75, 3.05) is 13.1 Å². The van der Waals surface area contributed by atoms with Gasteiger partial charge in [0.25, 0.3) is 0 Å². The maximum atomic E-state index is 5.70. The van der Waals surface area contributed by atoms with Crippen LogP contribution in [0.15, 0.2) is 16.7 Å². The van der Waals surface area contributed by atoms with E-state index in [1.54, 1.807) is 0 Å². The third kappa shape index (κ3) is 6.10. The smallest absolute Gasteiger partial charge is 0.122 e. The molecule has 1 heterocycles. The van der Waals surface area contributed by atoms with Crippen LogP contribution in [0.1, 0.15) is 52.9 Å². The Balaban J connectivity index is 2.59. The standard InChI is InChI=1S/C17H32N2O/c1-13(2)9-18-10-16-7-8-20-17(16)12-19(15(5)6)11-14(3)4/h7-8,13-15,18H,9-12H2,1-6H3. The summed E-state index contributed by atoms with van der Waals surface area (Å²) in [6.07, 6.45) is 1.82. The molecule has 0 fully saturated rings. The molecule has 1 rings (SSSR count). The van der Waals surface area contributed by atoms with Gasteiger partial charge in [0.15, 0.2) is 0 Å². The first kappa shape index (κ1) is 17.3. The lowest BCUT2D eigenvalue weighted by Crippen LogP contribution is -2.34. The van der Waals surface area contributed by atoms with E-state index in [-0.39, 0.29) is 0 Å². The number of furan rings is 1. The fourth-order valence-electron chi connectivity index (χ4n) is 2.27. The van der Waals surface area contributed by atoms with Crippen molar-refractivity contribution >= 4 is 0 Å². The van der Waals surface area contributed by atoms with Gasteiger partial charge in [-0.25, -0.2) is 0 Å². The second-order valence-electron chi connectivity index (χ2n) is 6.81. The molecule has 0 unspecified atom stereocenters. The van der Waals surface area contributed by atoms with Gasteiger partial charge < -0.3 is 9.73 Å².